The third kappa shape index (κ3) is 2.71. The van der Waals surface area contributed by atoms with Crippen LogP contribution in [0, 0.1) is 0 Å². The van der Waals surface area contributed by atoms with Gasteiger partial charge in [-0.1, -0.05) is 0 Å². The molecular weight excluding hydrogens is 339 g/mol. The van der Waals surface area contributed by atoms with Gasteiger partial charge in [-0.05, 0) is 6.92 Å². The zero-order valence-electron chi connectivity index (χ0n) is 9.76. The number of piperazine rings is 1. The lowest BCUT2D eigenvalue weighted by molar-refractivity contribution is -0.142. The zero-order chi connectivity index (χ0) is 12.6. The first kappa shape index (κ1) is 13.0. The molecule has 2 aliphatic rings. The molecule has 0 bridgehead atoms. The monoisotopic (exact) mass is 354 g/mol. The van der Waals surface area contributed by atoms with Crippen LogP contribution in [0.25, 0.3) is 0 Å². The van der Waals surface area contributed by atoms with Gasteiger partial charge in [0.1, 0.15) is 0 Å². The van der Waals surface area contributed by atoms with E-state index in [1.165, 1.54) is 7.11 Å². The number of methoxy groups -OCH3 is 1. The number of hydrogen-bond acceptors (Lipinski definition) is 5. The molecule has 0 aliphatic carbocycles. The predicted molar refractivity (Wildman–Crippen MR) is 67.4 cm³/mol. The first-order valence-corrected chi connectivity index (χ1v) is 6.45. The minimum Gasteiger partial charge on any atom is -0.467 e. The van der Waals surface area contributed by atoms with Crippen molar-refractivity contribution in [3.63, 3.8) is 0 Å². The molecule has 0 saturated carbocycles. The van der Waals surface area contributed by atoms with Gasteiger partial charge in [0.05, 0.1) is 7.11 Å². The van der Waals surface area contributed by atoms with Crippen LogP contribution < -0.4 is 0 Å². The van der Waals surface area contributed by atoms with Crippen molar-refractivity contribution in [3.05, 3.63) is 0 Å². The fourth-order valence-corrected chi connectivity index (χ4v) is 2.30. The number of nitrogens with zero attached hydrogens (tertiary/aromatic N) is 2. The molecule has 2 saturated heterocycles. The van der Waals surface area contributed by atoms with Gasteiger partial charge in [0.25, 0.3) is 5.91 Å². The van der Waals surface area contributed by atoms with Crippen LogP contribution in [-0.2, 0) is 19.1 Å². The molecule has 0 aromatic carbocycles. The first-order chi connectivity index (χ1) is 8.04. The normalized spacial score (nSPS) is 33.4. The van der Waals surface area contributed by atoms with Crippen molar-refractivity contribution in [1.29, 1.82) is 0 Å². The molecule has 2 unspecified atom stereocenters. The van der Waals surface area contributed by atoms with Gasteiger partial charge in [0.15, 0.2) is 12.2 Å². The molecule has 3 atom stereocenters. The van der Waals surface area contributed by atoms with E-state index in [0.717, 1.165) is 6.54 Å². The molecule has 0 spiro atoms. The topological polar surface area (TPSA) is 62.4 Å². The van der Waals surface area contributed by atoms with E-state index in [0.29, 0.717) is 19.1 Å². The molecule has 0 aromatic heterocycles. The van der Waals surface area contributed by atoms with E-state index in [4.69, 9.17) is 4.74 Å². The molecule has 2 rings (SSSR count). The Labute approximate surface area is 114 Å². The number of halogens is 1. The Kier molecular flexibility index (Phi) is 3.88. The lowest BCUT2D eigenvalue weighted by Crippen LogP contribution is -2.51. The highest BCUT2D eigenvalue weighted by molar-refractivity contribution is 14.1. The van der Waals surface area contributed by atoms with Crippen LogP contribution in [-0.4, -0.2) is 64.9 Å². The van der Waals surface area contributed by atoms with Crippen LogP contribution in [0.4, 0.5) is 0 Å². The third-order valence-corrected chi connectivity index (χ3v) is 4.46. The Morgan fingerprint density at radius 3 is 2.65 bits per heavy atom. The van der Waals surface area contributed by atoms with Crippen molar-refractivity contribution >= 4 is 34.7 Å². The van der Waals surface area contributed by atoms with E-state index >= 15 is 0 Å². The highest BCUT2D eigenvalue weighted by Crippen LogP contribution is 2.26. The van der Waals surface area contributed by atoms with Crippen molar-refractivity contribution in [2.45, 2.75) is 25.2 Å². The molecule has 2 heterocycles. The average molecular weight is 354 g/mol. The minimum absolute atomic E-state index is 0.100. The lowest BCUT2D eigenvalue weighted by Gasteiger charge is -2.36. The van der Waals surface area contributed by atoms with E-state index in [1.807, 2.05) is 0 Å². The zero-order valence-corrected chi connectivity index (χ0v) is 11.9. The van der Waals surface area contributed by atoms with Gasteiger partial charge in [-0.15, -0.1) is 0 Å². The Hall–Kier alpha value is -0.410. The van der Waals surface area contributed by atoms with Crippen LogP contribution in [0.2, 0.25) is 0 Å². The maximum absolute atomic E-state index is 12.0. The van der Waals surface area contributed by atoms with Crippen molar-refractivity contribution in [1.82, 2.24) is 8.01 Å². The molecule has 1 amide bonds. The number of amides is 1. The number of rotatable bonds is 2. The van der Waals surface area contributed by atoms with E-state index < -0.39 is 18.2 Å². The maximum Gasteiger partial charge on any atom is 0.338 e. The second-order valence-corrected chi connectivity index (χ2v) is 5.50. The van der Waals surface area contributed by atoms with Crippen molar-refractivity contribution in [2.75, 3.05) is 26.7 Å². The van der Waals surface area contributed by atoms with Gasteiger partial charge >= 0.3 is 5.97 Å². The van der Waals surface area contributed by atoms with E-state index in [2.05, 4.69) is 37.6 Å². The highest BCUT2D eigenvalue weighted by Gasteiger charge is 2.53. The van der Waals surface area contributed by atoms with Gasteiger partial charge in [-0.2, -0.15) is 0 Å². The maximum atomic E-state index is 12.0. The molecule has 2 aliphatic heterocycles. The Morgan fingerprint density at radius 1 is 1.35 bits per heavy atom. The molecule has 0 aromatic rings. The summed E-state index contributed by atoms with van der Waals surface area (Å²) in [5, 5.41) is 0. The molecule has 0 N–H and O–H groups in total. The molecular formula is C10H15IN2O4. The number of esters is 1. The Morgan fingerprint density at radius 2 is 2.06 bits per heavy atom. The van der Waals surface area contributed by atoms with Gasteiger partial charge in [0.2, 0.25) is 0 Å². The minimum atomic E-state index is -0.694. The quantitative estimate of drug-likeness (QED) is 0.298. The van der Waals surface area contributed by atoms with E-state index in [1.54, 1.807) is 4.90 Å². The van der Waals surface area contributed by atoms with Crippen LogP contribution in [0.3, 0.4) is 0 Å². The summed E-state index contributed by atoms with van der Waals surface area (Å²) in [5.41, 5.74) is 0. The van der Waals surface area contributed by atoms with Crippen molar-refractivity contribution in [3.8, 4) is 0 Å². The smallest absolute Gasteiger partial charge is 0.338 e. The summed E-state index contributed by atoms with van der Waals surface area (Å²) in [6.45, 7) is 4.26. The summed E-state index contributed by atoms with van der Waals surface area (Å²) in [7, 11) is 1.29. The van der Waals surface area contributed by atoms with Crippen LogP contribution in [0.5, 0.6) is 0 Å². The SMILES string of the molecule is COC(=O)C1OC1C(=O)N1CCN(I)[C@@H](C)C1. The molecule has 0 radical (unpaired) electrons. The summed E-state index contributed by atoms with van der Waals surface area (Å²) in [4.78, 5) is 24.9. The summed E-state index contributed by atoms with van der Waals surface area (Å²) in [6.07, 6.45) is -1.32. The van der Waals surface area contributed by atoms with Gasteiger partial charge in [-0.25, -0.2) is 7.91 Å². The van der Waals surface area contributed by atoms with Gasteiger partial charge in [0, 0.05) is 48.5 Å². The van der Waals surface area contributed by atoms with E-state index in [9.17, 15) is 9.59 Å². The van der Waals surface area contributed by atoms with E-state index in [-0.39, 0.29) is 5.91 Å². The lowest BCUT2D eigenvalue weighted by atomic mass is 10.2. The molecule has 17 heavy (non-hydrogen) atoms. The second kappa shape index (κ2) is 5.07. The number of carbonyl (C=O) groups excluding carboxylic acids is 2. The summed E-state index contributed by atoms with van der Waals surface area (Å²) in [6, 6.07) is 0.323. The summed E-state index contributed by atoms with van der Waals surface area (Å²) in [5.74, 6) is -0.569. The predicted octanol–water partition coefficient (Wildman–Crippen LogP) is -0.190. The Balaban J connectivity index is 1.88. The van der Waals surface area contributed by atoms with Crippen molar-refractivity contribution in [2.24, 2.45) is 0 Å². The fourth-order valence-electron chi connectivity index (χ4n) is 1.91. The highest BCUT2D eigenvalue weighted by atomic mass is 127. The molecule has 7 heteroatoms. The molecule has 2 fully saturated rings. The first-order valence-electron chi connectivity index (χ1n) is 5.49. The number of ether oxygens (including phenoxy) is 2. The van der Waals surface area contributed by atoms with Crippen LogP contribution >= 0.6 is 22.9 Å². The average Bonchev–Trinajstić information content (AvgIpc) is 3.11. The van der Waals surface area contributed by atoms with Gasteiger partial charge < -0.3 is 14.4 Å². The van der Waals surface area contributed by atoms with Gasteiger partial charge in [-0.3, -0.25) is 4.79 Å². The number of epoxide rings is 1. The number of carbonyl (C=O) groups is 2. The van der Waals surface area contributed by atoms with Crippen LogP contribution in [0.1, 0.15) is 6.92 Å². The molecule has 6 nitrogen and oxygen atoms in total. The fraction of sp³-hybridized carbons (Fsp3) is 0.800. The number of hydrogen-bond donors (Lipinski definition) is 0. The largest absolute Gasteiger partial charge is 0.467 e. The standard InChI is InChI=1S/C10H15IN2O4/c1-6-5-12(3-4-13(6)11)9(14)7-8(17-7)10(15)16-2/h6-8H,3-5H2,1-2H3/t6-,7?,8?/m0/s1. The second-order valence-electron chi connectivity index (χ2n) is 4.26. The Bertz CT molecular complexity index is 338. The van der Waals surface area contributed by atoms with Crippen molar-refractivity contribution < 1.29 is 19.1 Å². The summed E-state index contributed by atoms with van der Waals surface area (Å²) >= 11 is 2.26. The summed E-state index contributed by atoms with van der Waals surface area (Å²) < 4.78 is 11.8. The third-order valence-electron chi connectivity index (χ3n) is 3.03. The molecule has 96 valence electrons. The van der Waals surface area contributed by atoms with Crippen LogP contribution in [0.15, 0.2) is 0 Å².